The van der Waals surface area contributed by atoms with E-state index in [1.807, 2.05) is 0 Å². The number of aromatic amines is 1. The van der Waals surface area contributed by atoms with Gasteiger partial charge in [-0.3, -0.25) is 14.7 Å². The number of hydrogen-bond acceptors (Lipinski definition) is 4. The smallest absolute Gasteiger partial charge is 0.269 e. The van der Waals surface area contributed by atoms with Crippen LogP contribution in [0.5, 0.6) is 0 Å². The quantitative estimate of drug-likeness (QED) is 0.871. The molecule has 0 aliphatic carbocycles. The first kappa shape index (κ1) is 17.1. The highest BCUT2D eigenvalue weighted by atomic mass is 19.1. The maximum Gasteiger partial charge on any atom is 0.269 e. The zero-order valence-electron chi connectivity index (χ0n) is 13.8. The molecule has 2 amide bonds. The van der Waals surface area contributed by atoms with Gasteiger partial charge in [-0.05, 0) is 37.3 Å². The van der Waals surface area contributed by atoms with Crippen molar-refractivity contribution in [2.24, 2.45) is 0 Å². The molecule has 1 aliphatic heterocycles. The molecule has 1 fully saturated rings. The Kier molecular flexibility index (Phi) is 5.08. The van der Waals surface area contributed by atoms with E-state index in [2.05, 4.69) is 15.5 Å². The third-order valence-electron chi connectivity index (χ3n) is 4.00. The van der Waals surface area contributed by atoms with Crippen LogP contribution in [0.3, 0.4) is 0 Å². The van der Waals surface area contributed by atoms with Gasteiger partial charge < -0.3 is 15.0 Å². The molecule has 0 saturated carbocycles. The van der Waals surface area contributed by atoms with E-state index < -0.39 is 11.9 Å². The number of rotatable bonds is 4. The lowest BCUT2D eigenvalue weighted by Crippen LogP contribution is -2.50. The van der Waals surface area contributed by atoms with E-state index in [4.69, 9.17) is 4.74 Å². The molecule has 3 rings (SSSR count). The molecule has 0 spiro atoms. The van der Waals surface area contributed by atoms with Crippen molar-refractivity contribution in [1.82, 2.24) is 20.4 Å². The van der Waals surface area contributed by atoms with Crippen molar-refractivity contribution in [3.05, 3.63) is 41.8 Å². The molecule has 2 N–H and O–H groups in total. The summed E-state index contributed by atoms with van der Waals surface area (Å²) in [7, 11) is 0. The summed E-state index contributed by atoms with van der Waals surface area (Å²) in [6, 6.07) is 6.73. The van der Waals surface area contributed by atoms with E-state index in [1.54, 1.807) is 30.0 Å². The van der Waals surface area contributed by atoms with Crippen molar-refractivity contribution in [3.63, 3.8) is 0 Å². The van der Waals surface area contributed by atoms with Crippen LogP contribution in [0.4, 0.5) is 4.39 Å². The molecular weight excluding hydrogens is 327 g/mol. The predicted molar refractivity (Wildman–Crippen MR) is 88.3 cm³/mol. The van der Waals surface area contributed by atoms with E-state index in [-0.39, 0.29) is 17.4 Å². The highest BCUT2D eigenvalue weighted by Gasteiger charge is 2.24. The molecule has 0 radical (unpaired) electrons. The number of morpholine rings is 1. The van der Waals surface area contributed by atoms with Crippen molar-refractivity contribution in [2.75, 3.05) is 26.3 Å². The van der Waals surface area contributed by atoms with Gasteiger partial charge in [0.15, 0.2) is 0 Å². The van der Waals surface area contributed by atoms with Crippen LogP contribution < -0.4 is 5.32 Å². The average Bonchev–Trinajstić information content (AvgIpc) is 3.12. The van der Waals surface area contributed by atoms with Crippen molar-refractivity contribution >= 4 is 11.8 Å². The van der Waals surface area contributed by atoms with E-state index in [0.717, 1.165) is 0 Å². The lowest BCUT2D eigenvalue weighted by molar-refractivity contribution is -0.136. The molecule has 1 saturated heterocycles. The Morgan fingerprint density at radius 1 is 1.28 bits per heavy atom. The Hall–Kier alpha value is -2.74. The van der Waals surface area contributed by atoms with Crippen LogP contribution >= 0.6 is 0 Å². The minimum atomic E-state index is -0.650. The molecule has 132 valence electrons. The number of nitrogens with one attached hydrogen (secondary N) is 2. The van der Waals surface area contributed by atoms with Gasteiger partial charge in [0.2, 0.25) is 5.91 Å². The predicted octanol–water partition coefficient (Wildman–Crippen LogP) is 1.19. The minimum absolute atomic E-state index is 0.144. The lowest BCUT2D eigenvalue weighted by Gasteiger charge is -2.29. The minimum Gasteiger partial charge on any atom is -0.378 e. The Morgan fingerprint density at radius 2 is 1.96 bits per heavy atom. The maximum absolute atomic E-state index is 13.0. The molecule has 0 bridgehead atoms. The Morgan fingerprint density at radius 3 is 2.64 bits per heavy atom. The molecule has 25 heavy (non-hydrogen) atoms. The van der Waals surface area contributed by atoms with Gasteiger partial charge in [0.05, 0.1) is 18.9 Å². The second kappa shape index (κ2) is 7.43. The normalized spacial score (nSPS) is 15.7. The molecular formula is C17H19FN4O3. The van der Waals surface area contributed by atoms with Crippen molar-refractivity contribution in [2.45, 2.75) is 13.0 Å². The van der Waals surface area contributed by atoms with Gasteiger partial charge >= 0.3 is 0 Å². The number of amides is 2. The second-order valence-corrected chi connectivity index (χ2v) is 5.81. The lowest BCUT2D eigenvalue weighted by atomic mass is 10.1. The molecule has 2 aromatic rings. The fourth-order valence-corrected chi connectivity index (χ4v) is 2.60. The molecule has 2 heterocycles. The van der Waals surface area contributed by atoms with Gasteiger partial charge in [0.1, 0.15) is 17.6 Å². The number of carbonyl (C=O) groups excluding carboxylic acids is 2. The van der Waals surface area contributed by atoms with Crippen LogP contribution in [0.1, 0.15) is 17.4 Å². The summed E-state index contributed by atoms with van der Waals surface area (Å²) in [6.45, 7) is 3.71. The first-order valence-corrected chi connectivity index (χ1v) is 8.03. The summed E-state index contributed by atoms with van der Waals surface area (Å²) in [4.78, 5) is 26.3. The highest BCUT2D eigenvalue weighted by molar-refractivity contribution is 5.96. The third kappa shape index (κ3) is 4.03. The van der Waals surface area contributed by atoms with Crippen LogP contribution in [-0.2, 0) is 9.53 Å². The zero-order chi connectivity index (χ0) is 17.8. The number of carbonyl (C=O) groups is 2. The number of aromatic nitrogens is 2. The molecule has 1 aromatic carbocycles. The van der Waals surface area contributed by atoms with Gasteiger partial charge in [-0.1, -0.05) is 0 Å². The van der Waals surface area contributed by atoms with Gasteiger partial charge in [0, 0.05) is 18.7 Å². The second-order valence-electron chi connectivity index (χ2n) is 5.81. The number of halogens is 1. The van der Waals surface area contributed by atoms with Crippen LogP contribution in [0.15, 0.2) is 30.3 Å². The number of H-pyrrole nitrogens is 1. The van der Waals surface area contributed by atoms with Crippen LogP contribution in [0, 0.1) is 5.82 Å². The molecule has 1 unspecified atom stereocenters. The van der Waals surface area contributed by atoms with Crippen LogP contribution in [-0.4, -0.2) is 59.3 Å². The summed E-state index contributed by atoms with van der Waals surface area (Å²) in [5.74, 6) is -0.905. The van der Waals surface area contributed by atoms with Gasteiger partial charge in [-0.2, -0.15) is 5.10 Å². The van der Waals surface area contributed by atoms with Crippen LogP contribution in [0.2, 0.25) is 0 Å². The molecule has 1 aromatic heterocycles. The molecule has 7 nitrogen and oxygen atoms in total. The summed E-state index contributed by atoms with van der Waals surface area (Å²) >= 11 is 0. The summed E-state index contributed by atoms with van der Waals surface area (Å²) in [5, 5.41) is 9.37. The monoisotopic (exact) mass is 346 g/mol. The van der Waals surface area contributed by atoms with Crippen molar-refractivity contribution in [3.8, 4) is 11.3 Å². The van der Waals surface area contributed by atoms with Gasteiger partial charge in [-0.25, -0.2) is 4.39 Å². The Labute approximate surface area is 144 Å². The number of nitrogens with zero attached hydrogens (tertiary/aromatic N) is 2. The largest absolute Gasteiger partial charge is 0.378 e. The maximum atomic E-state index is 13.0. The summed E-state index contributed by atoms with van der Waals surface area (Å²) in [5.41, 5.74) is 1.45. The number of benzene rings is 1. The summed E-state index contributed by atoms with van der Waals surface area (Å²) < 4.78 is 18.2. The van der Waals surface area contributed by atoms with E-state index >= 15 is 0 Å². The average molecular weight is 346 g/mol. The zero-order valence-corrected chi connectivity index (χ0v) is 13.8. The fraction of sp³-hybridized carbons (Fsp3) is 0.353. The topological polar surface area (TPSA) is 87.3 Å². The van der Waals surface area contributed by atoms with E-state index in [9.17, 15) is 14.0 Å². The van der Waals surface area contributed by atoms with Crippen molar-refractivity contribution < 1.29 is 18.7 Å². The molecule has 1 aliphatic rings. The fourth-order valence-electron chi connectivity index (χ4n) is 2.60. The first-order chi connectivity index (χ1) is 12.0. The highest BCUT2D eigenvalue weighted by Crippen LogP contribution is 2.18. The molecule has 1 atom stereocenters. The van der Waals surface area contributed by atoms with Gasteiger partial charge in [0.25, 0.3) is 5.91 Å². The van der Waals surface area contributed by atoms with Gasteiger partial charge in [-0.15, -0.1) is 0 Å². The van der Waals surface area contributed by atoms with E-state index in [1.165, 1.54) is 12.1 Å². The number of ether oxygens (including phenoxy) is 1. The van der Waals surface area contributed by atoms with Crippen LogP contribution in [0.25, 0.3) is 11.3 Å². The third-order valence-corrected chi connectivity index (χ3v) is 4.00. The van der Waals surface area contributed by atoms with Crippen molar-refractivity contribution in [1.29, 1.82) is 0 Å². The Bertz CT molecular complexity index is 754. The number of hydrogen-bond donors (Lipinski definition) is 2. The summed E-state index contributed by atoms with van der Waals surface area (Å²) in [6.07, 6.45) is 0. The first-order valence-electron chi connectivity index (χ1n) is 8.03. The standard InChI is InChI=1S/C17H19FN4O3/c1-11(17(24)22-6-8-25-9-7-22)19-16(23)15-10-14(20-21-15)12-2-4-13(18)5-3-12/h2-5,10-11H,6-9H2,1H3,(H,19,23)(H,20,21). The SMILES string of the molecule is CC(NC(=O)c1cc(-c2ccc(F)cc2)n[nH]1)C(=O)N1CCOCC1. The Balaban J connectivity index is 1.63. The van der Waals surface area contributed by atoms with E-state index in [0.29, 0.717) is 37.6 Å². The molecule has 8 heteroatoms.